The van der Waals surface area contributed by atoms with E-state index in [1.165, 1.54) is 0 Å². The molecule has 0 aromatic carbocycles. The summed E-state index contributed by atoms with van der Waals surface area (Å²) in [6.07, 6.45) is -1.70. The number of allylic oxidation sites excluding steroid dienone is 1. The van der Waals surface area contributed by atoms with E-state index in [0.29, 0.717) is 6.08 Å². The van der Waals surface area contributed by atoms with Gasteiger partial charge in [0.2, 0.25) is 0 Å². The van der Waals surface area contributed by atoms with Gasteiger partial charge in [-0.25, -0.2) is 13.2 Å². The van der Waals surface area contributed by atoms with Gasteiger partial charge in [0.15, 0.2) is 6.17 Å². The number of rotatable bonds is 4. The Balaban J connectivity index is 3.94. The van der Waals surface area contributed by atoms with Gasteiger partial charge in [-0.05, 0) is 0 Å². The molecular formula is C7H11F3. The highest BCUT2D eigenvalue weighted by molar-refractivity contribution is 4.89. The summed E-state index contributed by atoms with van der Waals surface area (Å²) in [5, 5.41) is 0. The summed E-state index contributed by atoms with van der Waals surface area (Å²) in [6, 6.07) is 0. The lowest BCUT2D eigenvalue weighted by atomic mass is 10.1. The summed E-state index contributed by atoms with van der Waals surface area (Å²) in [6.45, 7) is 4.54. The standard InChI is InChI=1S/C7H11F3/c1-3-5-7(9,10)6(8)4-2/h4,6H,2-3,5H2,1H3. The molecule has 0 radical (unpaired) electrons. The maximum atomic E-state index is 12.4. The molecule has 0 saturated heterocycles. The minimum absolute atomic E-state index is 0.279. The molecule has 0 saturated carbocycles. The Kier molecular flexibility index (Phi) is 3.47. The van der Waals surface area contributed by atoms with E-state index in [1.54, 1.807) is 6.92 Å². The van der Waals surface area contributed by atoms with Crippen LogP contribution >= 0.6 is 0 Å². The van der Waals surface area contributed by atoms with Gasteiger partial charge >= 0.3 is 0 Å². The molecule has 0 amide bonds. The van der Waals surface area contributed by atoms with Crippen LogP contribution in [0.15, 0.2) is 12.7 Å². The molecule has 0 heterocycles. The molecule has 60 valence electrons. The first-order valence-electron chi connectivity index (χ1n) is 3.19. The summed E-state index contributed by atoms with van der Waals surface area (Å²) < 4.78 is 37.0. The predicted molar refractivity (Wildman–Crippen MR) is 34.9 cm³/mol. The topological polar surface area (TPSA) is 0 Å². The van der Waals surface area contributed by atoms with Crippen molar-refractivity contribution in [2.75, 3.05) is 0 Å². The van der Waals surface area contributed by atoms with Crippen LogP contribution in [0.3, 0.4) is 0 Å². The lowest BCUT2D eigenvalue weighted by Crippen LogP contribution is -2.27. The van der Waals surface area contributed by atoms with E-state index >= 15 is 0 Å². The van der Waals surface area contributed by atoms with Gasteiger partial charge in [-0.3, -0.25) is 0 Å². The van der Waals surface area contributed by atoms with Crippen LogP contribution in [0.5, 0.6) is 0 Å². The SMILES string of the molecule is C=CC(F)C(F)(F)CCC. The van der Waals surface area contributed by atoms with Gasteiger partial charge < -0.3 is 0 Å². The highest BCUT2D eigenvalue weighted by atomic mass is 19.3. The summed E-state index contributed by atoms with van der Waals surface area (Å²) in [5.41, 5.74) is 0. The van der Waals surface area contributed by atoms with Crippen molar-refractivity contribution in [3.8, 4) is 0 Å². The van der Waals surface area contributed by atoms with E-state index in [4.69, 9.17) is 0 Å². The van der Waals surface area contributed by atoms with Gasteiger partial charge in [0, 0.05) is 6.42 Å². The first-order valence-corrected chi connectivity index (χ1v) is 3.19. The molecule has 0 rings (SSSR count). The molecule has 0 bridgehead atoms. The average Bonchev–Trinajstić information content (AvgIpc) is 1.86. The van der Waals surface area contributed by atoms with Crippen molar-refractivity contribution in [3.63, 3.8) is 0 Å². The van der Waals surface area contributed by atoms with Crippen LogP contribution in [0.25, 0.3) is 0 Å². The van der Waals surface area contributed by atoms with Crippen LogP contribution in [-0.2, 0) is 0 Å². The molecule has 10 heavy (non-hydrogen) atoms. The first kappa shape index (κ1) is 9.53. The third-order valence-electron chi connectivity index (χ3n) is 1.19. The van der Waals surface area contributed by atoms with Crippen LogP contribution in [0.1, 0.15) is 19.8 Å². The molecule has 0 fully saturated rings. The highest BCUT2D eigenvalue weighted by Gasteiger charge is 2.36. The quantitative estimate of drug-likeness (QED) is 0.543. The van der Waals surface area contributed by atoms with E-state index in [2.05, 4.69) is 6.58 Å². The highest BCUT2D eigenvalue weighted by Crippen LogP contribution is 2.27. The van der Waals surface area contributed by atoms with E-state index in [9.17, 15) is 13.2 Å². The van der Waals surface area contributed by atoms with Crippen molar-refractivity contribution in [3.05, 3.63) is 12.7 Å². The van der Waals surface area contributed by atoms with Crippen LogP contribution in [0, 0.1) is 0 Å². The summed E-state index contributed by atoms with van der Waals surface area (Å²) in [5.74, 6) is -3.23. The molecule has 1 unspecified atom stereocenters. The van der Waals surface area contributed by atoms with E-state index in [0.717, 1.165) is 0 Å². The van der Waals surface area contributed by atoms with Gasteiger partial charge in [0.05, 0.1) is 0 Å². The molecule has 0 N–H and O–H groups in total. The van der Waals surface area contributed by atoms with Gasteiger partial charge in [-0.2, -0.15) is 0 Å². The maximum Gasteiger partial charge on any atom is 0.282 e. The van der Waals surface area contributed by atoms with Gasteiger partial charge in [0.1, 0.15) is 0 Å². The molecule has 0 aromatic heterocycles. The Hall–Kier alpha value is -0.470. The fourth-order valence-corrected chi connectivity index (χ4v) is 0.644. The van der Waals surface area contributed by atoms with Gasteiger partial charge in [0.25, 0.3) is 5.92 Å². The normalized spacial score (nSPS) is 14.8. The average molecular weight is 152 g/mol. The molecule has 1 atom stereocenters. The molecule has 0 aliphatic carbocycles. The fraction of sp³-hybridized carbons (Fsp3) is 0.714. The maximum absolute atomic E-state index is 12.4. The summed E-state index contributed by atoms with van der Waals surface area (Å²) in [4.78, 5) is 0. The Morgan fingerprint density at radius 3 is 2.40 bits per heavy atom. The Labute approximate surface area is 58.7 Å². The Morgan fingerprint density at radius 2 is 2.10 bits per heavy atom. The van der Waals surface area contributed by atoms with E-state index in [1.807, 2.05) is 0 Å². The van der Waals surface area contributed by atoms with Crippen molar-refractivity contribution in [2.45, 2.75) is 31.9 Å². The molecular weight excluding hydrogens is 141 g/mol. The lowest BCUT2D eigenvalue weighted by Gasteiger charge is -2.16. The fourth-order valence-electron chi connectivity index (χ4n) is 0.644. The lowest BCUT2D eigenvalue weighted by molar-refractivity contribution is -0.0603. The van der Waals surface area contributed by atoms with Crippen molar-refractivity contribution in [1.82, 2.24) is 0 Å². The van der Waals surface area contributed by atoms with Gasteiger partial charge in [-0.1, -0.05) is 26.0 Å². The zero-order valence-corrected chi connectivity index (χ0v) is 5.91. The third-order valence-corrected chi connectivity index (χ3v) is 1.19. The number of halogens is 3. The van der Waals surface area contributed by atoms with Crippen LogP contribution < -0.4 is 0 Å². The predicted octanol–water partition coefficient (Wildman–Crippen LogP) is 2.95. The van der Waals surface area contributed by atoms with Gasteiger partial charge in [-0.15, -0.1) is 0 Å². The zero-order valence-electron chi connectivity index (χ0n) is 5.91. The number of alkyl halides is 3. The van der Waals surface area contributed by atoms with Crippen molar-refractivity contribution < 1.29 is 13.2 Å². The smallest absolute Gasteiger partial charge is 0.236 e. The second kappa shape index (κ2) is 3.64. The molecule has 0 spiro atoms. The van der Waals surface area contributed by atoms with Crippen molar-refractivity contribution in [2.24, 2.45) is 0 Å². The summed E-state index contributed by atoms with van der Waals surface area (Å²) in [7, 11) is 0. The molecule has 3 heteroatoms. The second-order valence-corrected chi connectivity index (χ2v) is 2.15. The minimum Gasteiger partial charge on any atom is -0.236 e. The van der Waals surface area contributed by atoms with Crippen molar-refractivity contribution in [1.29, 1.82) is 0 Å². The minimum atomic E-state index is -3.23. The Bertz CT molecular complexity index is 109. The number of hydrogen-bond acceptors (Lipinski definition) is 0. The zero-order chi connectivity index (χ0) is 8.20. The summed E-state index contributed by atoms with van der Waals surface area (Å²) >= 11 is 0. The van der Waals surface area contributed by atoms with Crippen LogP contribution in [-0.4, -0.2) is 12.1 Å². The molecule has 0 aromatic rings. The largest absolute Gasteiger partial charge is 0.282 e. The third kappa shape index (κ3) is 2.42. The first-order chi connectivity index (χ1) is 4.54. The number of hydrogen-bond donors (Lipinski definition) is 0. The van der Waals surface area contributed by atoms with Crippen molar-refractivity contribution >= 4 is 0 Å². The monoisotopic (exact) mass is 152 g/mol. The van der Waals surface area contributed by atoms with Crippen LogP contribution in [0.2, 0.25) is 0 Å². The second-order valence-electron chi connectivity index (χ2n) is 2.15. The van der Waals surface area contributed by atoms with E-state index in [-0.39, 0.29) is 6.42 Å². The molecule has 0 aliphatic heterocycles. The van der Waals surface area contributed by atoms with Crippen LogP contribution in [0.4, 0.5) is 13.2 Å². The van der Waals surface area contributed by atoms with E-state index < -0.39 is 18.5 Å². The molecule has 0 nitrogen and oxygen atoms in total. The molecule has 0 aliphatic rings. The Morgan fingerprint density at radius 1 is 1.60 bits per heavy atom.